The molecule has 19 heavy (non-hydrogen) atoms. The van der Waals surface area contributed by atoms with E-state index >= 15 is 0 Å². The van der Waals surface area contributed by atoms with Crippen LogP contribution < -0.4 is 5.73 Å². The van der Waals surface area contributed by atoms with Gasteiger partial charge in [0, 0.05) is 25.2 Å². The molecule has 0 radical (unpaired) electrons. The lowest BCUT2D eigenvalue weighted by atomic mass is 10.0. The quantitative estimate of drug-likeness (QED) is 0.681. The van der Waals surface area contributed by atoms with Gasteiger partial charge in [-0.1, -0.05) is 12.1 Å². The molecular formula is C13H18BrN3O2. The monoisotopic (exact) mass is 327 g/mol. The maximum atomic E-state index is 10.9. The maximum Gasteiger partial charge on any atom is 0.283 e. The lowest BCUT2D eigenvalue weighted by Crippen LogP contribution is -2.29. The minimum Gasteiger partial charge on any atom is -0.328 e. The number of nitro groups is 1. The Hall–Kier alpha value is -0.980. The van der Waals surface area contributed by atoms with Crippen LogP contribution >= 0.6 is 15.9 Å². The van der Waals surface area contributed by atoms with Crippen molar-refractivity contribution in [1.82, 2.24) is 4.90 Å². The summed E-state index contributed by atoms with van der Waals surface area (Å²) < 4.78 is 0.587. The second-order valence-corrected chi connectivity index (χ2v) is 5.94. The first-order valence-corrected chi connectivity index (χ1v) is 7.18. The van der Waals surface area contributed by atoms with Crippen LogP contribution in [0.5, 0.6) is 0 Å². The fourth-order valence-corrected chi connectivity index (χ4v) is 3.04. The summed E-state index contributed by atoms with van der Waals surface area (Å²) in [5.74, 6) is 0.525. The van der Waals surface area contributed by atoms with Crippen LogP contribution in [0.15, 0.2) is 22.7 Å². The van der Waals surface area contributed by atoms with Gasteiger partial charge in [-0.15, -0.1) is 0 Å². The average Bonchev–Trinajstić information content (AvgIpc) is 2.80. The Balaban J connectivity index is 2.08. The van der Waals surface area contributed by atoms with Gasteiger partial charge in [-0.3, -0.25) is 15.0 Å². The highest BCUT2D eigenvalue weighted by molar-refractivity contribution is 9.10. The largest absolute Gasteiger partial charge is 0.328 e. The van der Waals surface area contributed by atoms with E-state index in [1.807, 2.05) is 13.0 Å². The number of hydrogen-bond acceptors (Lipinski definition) is 4. The molecule has 0 saturated carbocycles. The third-order valence-corrected chi connectivity index (χ3v) is 4.62. The van der Waals surface area contributed by atoms with E-state index in [9.17, 15) is 10.1 Å². The molecule has 6 heteroatoms. The van der Waals surface area contributed by atoms with Crippen LogP contribution in [-0.2, 0) is 6.54 Å². The number of nitrogens with two attached hydrogens (primary N) is 1. The molecule has 0 amide bonds. The van der Waals surface area contributed by atoms with E-state index in [0.29, 0.717) is 10.4 Å². The van der Waals surface area contributed by atoms with Gasteiger partial charge in [0.05, 0.1) is 9.40 Å². The Bertz CT molecular complexity index is 479. The van der Waals surface area contributed by atoms with Gasteiger partial charge < -0.3 is 5.73 Å². The fraction of sp³-hybridized carbons (Fsp3) is 0.538. The first kappa shape index (κ1) is 14.4. The number of hydrogen-bond donors (Lipinski definition) is 1. The highest BCUT2D eigenvalue weighted by Gasteiger charge is 2.26. The van der Waals surface area contributed by atoms with E-state index in [1.54, 1.807) is 6.07 Å². The Morgan fingerprint density at radius 2 is 2.37 bits per heavy atom. The van der Waals surface area contributed by atoms with Crippen molar-refractivity contribution in [2.24, 2.45) is 11.7 Å². The van der Waals surface area contributed by atoms with E-state index in [1.165, 1.54) is 6.07 Å². The summed E-state index contributed by atoms with van der Waals surface area (Å²) in [6, 6.07) is 5.38. The van der Waals surface area contributed by atoms with Gasteiger partial charge in [-0.05, 0) is 47.3 Å². The van der Waals surface area contributed by atoms with Crippen LogP contribution in [0.25, 0.3) is 0 Å². The standard InChI is InChI=1S/C13H18BrN3O2/c1-9(15)10-5-6-16(7-10)8-11-3-2-4-12(13(11)14)17(18)19/h2-4,9-10H,5-8,15H2,1H3. The van der Waals surface area contributed by atoms with Crippen LogP contribution in [-0.4, -0.2) is 29.0 Å². The summed E-state index contributed by atoms with van der Waals surface area (Å²) in [4.78, 5) is 12.8. The van der Waals surface area contributed by atoms with E-state index in [-0.39, 0.29) is 16.7 Å². The molecule has 1 fully saturated rings. The van der Waals surface area contributed by atoms with Gasteiger partial charge in [-0.2, -0.15) is 0 Å². The second-order valence-electron chi connectivity index (χ2n) is 5.15. The molecule has 104 valence electrons. The molecule has 2 unspecified atom stereocenters. The molecule has 0 aliphatic carbocycles. The summed E-state index contributed by atoms with van der Waals surface area (Å²) in [6.45, 7) is 4.73. The summed E-state index contributed by atoms with van der Waals surface area (Å²) in [7, 11) is 0. The predicted octanol–water partition coefficient (Wildman–Crippen LogP) is 2.53. The number of nitrogens with zero attached hydrogens (tertiary/aromatic N) is 2. The van der Waals surface area contributed by atoms with Gasteiger partial charge in [0.25, 0.3) is 5.69 Å². The Kier molecular flexibility index (Phi) is 4.54. The van der Waals surface area contributed by atoms with E-state index in [4.69, 9.17) is 5.73 Å². The highest BCUT2D eigenvalue weighted by Crippen LogP contribution is 2.30. The van der Waals surface area contributed by atoms with Gasteiger partial charge in [0.1, 0.15) is 0 Å². The molecule has 2 N–H and O–H groups in total. The summed E-state index contributed by atoms with van der Waals surface area (Å²) in [5.41, 5.74) is 7.01. The molecule has 1 aliphatic rings. The third-order valence-electron chi connectivity index (χ3n) is 3.70. The molecule has 5 nitrogen and oxygen atoms in total. The van der Waals surface area contributed by atoms with Crippen molar-refractivity contribution in [1.29, 1.82) is 0 Å². The van der Waals surface area contributed by atoms with Crippen LogP contribution in [0.3, 0.4) is 0 Å². The fourth-order valence-electron chi connectivity index (χ4n) is 2.51. The lowest BCUT2D eigenvalue weighted by Gasteiger charge is -2.18. The first-order chi connectivity index (χ1) is 8.99. The minimum atomic E-state index is -0.359. The van der Waals surface area contributed by atoms with Crippen molar-refractivity contribution in [2.45, 2.75) is 25.9 Å². The molecule has 1 aromatic carbocycles. The Morgan fingerprint density at radius 3 is 2.95 bits per heavy atom. The van der Waals surface area contributed by atoms with Crippen molar-refractivity contribution in [3.63, 3.8) is 0 Å². The number of nitro benzene ring substituents is 1. The number of halogens is 1. The van der Waals surface area contributed by atoms with Gasteiger partial charge in [0.2, 0.25) is 0 Å². The molecule has 1 saturated heterocycles. The molecule has 0 bridgehead atoms. The number of benzene rings is 1. The Labute approximate surface area is 121 Å². The van der Waals surface area contributed by atoms with Crippen molar-refractivity contribution in [3.8, 4) is 0 Å². The molecule has 1 heterocycles. The zero-order chi connectivity index (χ0) is 14.0. The molecule has 2 atom stereocenters. The average molecular weight is 328 g/mol. The van der Waals surface area contributed by atoms with Crippen molar-refractivity contribution in [2.75, 3.05) is 13.1 Å². The molecule has 0 spiro atoms. The van der Waals surface area contributed by atoms with Crippen LogP contribution in [0.4, 0.5) is 5.69 Å². The minimum absolute atomic E-state index is 0.125. The first-order valence-electron chi connectivity index (χ1n) is 6.38. The van der Waals surface area contributed by atoms with Crippen molar-refractivity contribution >= 4 is 21.6 Å². The van der Waals surface area contributed by atoms with Gasteiger partial charge >= 0.3 is 0 Å². The van der Waals surface area contributed by atoms with Crippen molar-refractivity contribution < 1.29 is 4.92 Å². The summed E-state index contributed by atoms with van der Waals surface area (Å²) >= 11 is 3.34. The van der Waals surface area contributed by atoms with E-state index < -0.39 is 0 Å². The normalized spacial score (nSPS) is 21.5. The molecule has 2 rings (SSSR count). The van der Waals surface area contributed by atoms with Crippen LogP contribution in [0, 0.1) is 16.0 Å². The van der Waals surface area contributed by atoms with Gasteiger partial charge in [0.15, 0.2) is 0 Å². The zero-order valence-corrected chi connectivity index (χ0v) is 12.5. The predicted molar refractivity (Wildman–Crippen MR) is 77.8 cm³/mol. The van der Waals surface area contributed by atoms with Gasteiger partial charge in [-0.25, -0.2) is 0 Å². The third kappa shape index (κ3) is 3.32. The number of likely N-dealkylation sites (tertiary alicyclic amines) is 1. The number of rotatable bonds is 4. The smallest absolute Gasteiger partial charge is 0.283 e. The molecular weight excluding hydrogens is 310 g/mol. The molecule has 0 aromatic heterocycles. The molecule has 1 aromatic rings. The highest BCUT2D eigenvalue weighted by atomic mass is 79.9. The topological polar surface area (TPSA) is 72.4 Å². The van der Waals surface area contributed by atoms with E-state index in [0.717, 1.165) is 31.6 Å². The molecule has 1 aliphatic heterocycles. The zero-order valence-electron chi connectivity index (χ0n) is 10.9. The Morgan fingerprint density at radius 1 is 1.63 bits per heavy atom. The lowest BCUT2D eigenvalue weighted by molar-refractivity contribution is -0.385. The summed E-state index contributed by atoms with van der Waals surface area (Å²) in [6.07, 6.45) is 1.10. The maximum absolute atomic E-state index is 10.9. The second kappa shape index (κ2) is 5.98. The SMILES string of the molecule is CC(N)C1CCN(Cc2cccc([N+](=O)[O-])c2Br)C1. The van der Waals surface area contributed by atoms with Crippen LogP contribution in [0.2, 0.25) is 0 Å². The van der Waals surface area contributed by atoms with Crippen LogP contribution in [0.1, 0.15) is 18.9 Å². The summed E-state index contributed by atoms with van der Waals surface area (Å²) in [5, 5.41) is 10.9. The van der Waals surface area contributed by atoms with Crippen molar-refractivity contribution in [3.05, 3.63) is 38.3 Å². The van der Waals surface area contributed by atoms with E-state index in [2.05, 4.69) is 20.8 Å².